The van der Waals surface area contributed by atoms with Crippen LogP contribution in [0.5, 0.6) is 5.88 Å². The third kappa shape index (κ3) is 2.26. The van der Waals surface area contributed by atoms with Crippen LogP contribution in [-0.4, -0.2) is 22.6 Å². The number of anilines is 1. The molecule has 1 N–H and O–H groups in total. The van der Waals surface area contributed by atoms with Crippen molar-refractivity contribution >= 4 is 34.1 Å². The van der Waals surface area contributed by atoms with E-state index in [1.807, 2.05) is 73.8 Å². The van der Waals surface area contributed by atoms with Crippen LogP contribution in [0.3, 0.4) is 0 Å². The smallest absolute Gasteiger partial charge is 0.258 e. The first-order valence-corrected chi connectivity index (χ1v) is 8.12. The van der Waals surface area contributed by atoms with E-state index in [1.54, 1.807) is 16.5 Å². The van der Waals surface area contributed by atoms with Crippen molar-refractivity contribution in [2.45, 2.75) is 0 Å². The molecule has 0 radical (unpaired) electrons. The number of aryl methyl sites for hydroxylation is 1. The number of rotatable bonds is 2. The Morgan fingerprint density at radius 1 is 1.00 bits per heavy atom. The molecule has 25 heavy (non-hydrogen) atoms. The number of aromatic nitrogens is 1. The zero-order valence-corrected chi connectivity index (χ0v) is 14.1. The molecular weight excluding hydrogens is 312 g/mol. The SMILES string of the molecule is CN1C(=O)C(=CC=Cc2c(O)n(C)c3ccccc23)c2ccccc21. The topological polar surface area (TPSA) is 45.5 Å². The van der Waals surface area contributed by atoms with Crippen LogP contribution in [0.25, 0.3) is 22.6 Å². The van der Waals surface area contributed by atoms with E-state index in [4.69, 9.17) is 0 Å². The van der Waals surface area contributed by atoms with Crippen LogP contribution in [0.15, 0.2) is 60.7 Å². The molecule has 0 saturated heterocycles. The van der Waals surface area contributed by atoms with E-state index in [1.165, 1.54) is 0 Å². The van der Waals surface area contributed by atoms with Gasteiger partial charge in [0.25, 0.3) is 5.91 Å². The molecule has 3 aromatic rings. The summed E-state index contributed by atoms with van der Waals surface area (Å²) in [5.41, 5.74) is 4.23. The monoisotopic (exact) mass is 330 g/mol. The first-order chi connectivity index (χ1) is 12.1. The highest BCUT2D eigenvalue weighted by molar-refractivity contribution is 6.32. The van der Waals surface area contributed by atoms with Gasteiger partial charge in [-0.25, -0.2) is 0 Å². The Labute approximate surface area is 145 Å². The highest BCUT2D eigenvalue weighted by Gasteiger charge is 2.28. The number of carbonyl (C=O) groups excluding carboxylic acids is 1. The fraction of sp³-hybridized carbons (Fsp3) is 0.0952. The summed E-state index contributed by atoms with van der Waals surface area (Å²) in [4.78, 5) is 14.1. The van der Waals surface area contributed by atoms with Crippen LogP contribution in [-0.2, 0) is 11.8 Å². The Hall–Kier alpha value is -3.27. The van der Waals surface area contributed by atoms with E-state index in [9.17, 15) is 9.90 Å². The number of likely N-dealkylation sites (N-methyl/N-ethyl adjacent to an activating group) is 1. The van der Waals surface area contributed by atoms with Gasteiger partial charge in [-0.2, -0.15) is 0 Å². The first-order valence-electron chi connectivity index (χ1n) is 8.12. The third-order valence-electron chi connectivity index (χ3n) is 4.73. The van der Waals surface area contributed by atoms with Crippen LogP contribution in [0.4, 0.5) is 5.69 Å². The van der Waals surface area contributed by atoms with Gasteiger partial charge in [0.1, 0.15) is 0 Å². The second-order valence-corrected chi connectivity index (χ2v) is 6.13. The number of hydrogen-bond donors (Lipinski definition) is 1. The number of allylic oxidation sites excluding steroid dienone is 2. The largest absolute Gasteiger partial charge is 0.494 e. The quantitative estimate of drug-likeness (QED) is 0.723. The molecule has 0 bridgehead atoms. The molecule has 0 saturated carbocycles. The van der Waals surface area contributed by atoms with E-state index < -0.39 is 0 Å². The van der Waals surface area contributed by atoms with E-state index in [-0.39, 0.29) is 11.8 Å². The summed E-state index contributed by atoms with van der Waals surface area (Å²) < 4.78 is 1.76. The molecule has 2 heterocycles. The molecule has 1 aromatic heterocycles. The molecule has 2 aromatic carbocycles. The van der Waals surface area contributed by atoms with Gasteiger partial charge in [-0.1, -0.05) is 42.5 Å². The summed E-state index contributed by atoms with van der Waals surface area (Å²) in [6.45, 7) is 0. The molecule has 1 aliphatic heterocycles. The van der Waals surface area contributed by atoms with Crippen LogP contribution in [0, 0.1) is 0 Å². The van der Waals surface area contributed by atoms with Gasteiger partial charge in [-0.05, 0) is 24.3 Å². The first kappa shape index (κ1) is 15.3. The number of carbonyl (C=O) groups is 1. The molecule has 0 unspecified atom stereocenters. The predicted octanol–water partition coefficient (Wildman–Crippen LogP) is 3.96. The highest BCUT2D eigenvalue weighted by atomic mass is 16.3. The van der Waals surface area contributed by atoms with Crippen molar-refractivity contribution in [1.82, 2.24) is 4.57 Å². The Kier molecular flexibility index (Phi) is 3.46. The number of hydrogen-bond acceptors (Lipinski definition) is 2. The van der Waals surface area contributed by atoms with Crippen LogP contribution >= 0.6 is 0 Å². The Morgan fingerprint density at radius 3 is 2.56 bits per heavy atom. The number of amides is 1. The lowest BCUT2D eigenvalue weighted by Gasteiger charge is -2.07. The lowest BCUT2D eigenvalue weighted by Crippen LogP contribution is -2.20. The van der Waals surface area contributed by atoms with E-state index in [2.05, 4.69) is 0 Å². The van der Waals surface area contributed by atoms with Gasteiger partial charge in [0.15, 0.2) is 5.88 Å². The maximum absolute atomic E-state index is 12.5. The van der Waals surface area contributed by atoms with Gasteiger partial charge in [0, 0.05) is 36.2 Å². The van der Waals surface area contributed by atoms with Crippen LogP contribution in [0.1, 0.15) is 11.1 Å². The Morgan fingerprint density at radius 2 is 1.72 bits per heavy atom. The van der Waals surface area contributed by atoms with Crippen molar-refractivity contribution in [2.75, 3.05) is 11.9 Å². The summed E-state index contributed by atoms with van der Waals surface area (Å²) in [5, 5.41) is 11.4. The Bertz CT molecular complexity index is 1060. The van der Waals surface area contributed by atoms with Crippen molar-refractivity contribution < 1.29 is 9.90 Å². The van der Waals surface area contributed by atoms with E-state index in [0.717, 1.165) is 27.7 Å². The average molecular weight is 330 g/mol. The van der Waals surface area contributed by atoms with Crippen LogP contribution < -0.4 is 4.90 Å². The van der Waals surface area contributed by atoms with Crippen LogP contribution in [0.2, 0.25) is 0 Å². The molecule has 4 nitrogen and oxygen atoms in total. The van der Waals surface area contributed by atoms with Gasteiger partial charge in [-0.15, -0.1) is 0 Å². The van der Waals surface area contributed by atoms with Crippen molar-refractivity contribution in [3.63, 3.8) is 0 Å². The molecule has 1 amide bonds. The fourth-order valence-corrected chi connectivity index (χ4v) is 3.37. The maximum Gasteiger partial charge on any atom is 0.258 e. The fourth-order valence-electron chi connectivity index (χ4n) is 3.37. The zero-order chi connectivity index (χ0) is 17.6. The summed E-state index contributed by atoms with van der Waals surface area (Å²) >= 11 is 0. The summed E-state index contributed by atoms with van der Waals surface area (Å²) in [6.07, 6.45) is 5.48. The lowest BCUT2D eigenvalue weighted by atomic mass is 10.1. The molecule has 124 valence electrons. The number of para-hydroxylation sites is 2. The van der Waals surface area contributed by atoms with Gasteiger partial charge < -0.3 is 14.6 Å². The maximum atomic E-state index is 12.5. The zero-order valence-electron chi connectivity index (χ0n) is 14.1. The van der Waals surface area contributed by atoms with Gasteiger partial charge >= 0.3 is 0 Å². The second kappa shape index (κ2) is 5.67. The summed E-state index contributed by atoms with van der Waals surface area (Å²) in [7, 11) is 3.61. The highest BCUT2D eigenvalue weighted by Crippen LogP contribution is 2.36. The number of nitrogens with zero attached hydrogens (tertiary/aromatic N) is 2. The third-order valence-corrected chi connectivity index (χ3v) is 4.73. The van der Waals surface area contributed by atoms with Gasteiger partial charge in [0.05, 0.1) is 11.2 Å². The number of benzene rings is 2. The minimum atomic E-state index is -0.0204. The van der Waals surface area contributed by atoms with E-state index >= 15 is 0 Å². The molecule has 0 aliphatic carbocycles. The lowest BCUT2D eigenvalue weighted by molar-refractivity contribution is -0.112. The van der Waals surface area contributed by atoms with Crippen molar-refractivity contribution in [1.29, 1.82) is 0 Å². The second-order valence-electron chi connectivity index (χ2n) is 6.13. The van der Waals surface area contributed by atoms with E-state index in [0.29, 0.717) is 5.57 Å². The molecule has 4 rings (SSSR count). The van der Waals surface area contributed by atoms with Crippen molar-refractivity contribution in [3.8, 4) is 5.88 Å². The molecule has 4 heteroatoms. The number of aromatic hydroxyl groups is 1. The number of fused-ring (bicyclic) bond motifs is 2. The molecule has 1 aliphatic rings. The molecule has 0 atom stereocenters. The molecule has 0 spiro atoms. The normalized spacial score (nSPS) is 15.7. The van der Waals surface area contributed by atoms with Crippen molar-refractivity contribution in [3.05, 3.63) is 71.8 Å². The van der Waals surface area contributed by atoms with Crippen molar-refractivity contribution in [2.24, 2.45) is 7.05 Å². The predicted molar refractivity (Wildman–Crippen MR) is 101 cm³/mol. The summed E-state index contributed by atoms with van der Waals surface area (Å²) in [5.74, 6) is 0.194. The average Bonchev–Trinajstić information content (AvgIpc) is 3.03. The molecule has 0 fully saturated rings. The Balaban J connectivity index is 1.76. The standard InChI is InChI=1S/C21H18N2O2/c1-22-18-12-5-3-8-14(18)16(20(22)24)10-7-11-17-15-9-4-6-13-19(15)23(2)21(17)25/h3-13,24H,1-2H3. The minimum absolute atomic E-state index is 0.0204. The summed E-state index contributed by atoms with van der Waals surface area (Å²) in [6, 6.07) is 15.6. The van der Waals surface area contributed by atoms with Gasteiger partial charge in [-0.3, -0.25) is 4.79 Å². The van der Waals surface area contributed by atoms with Gasteiger partial charge in [0.2, 0.25) is 0 Å². The molecular formula is C21H18N2O2. The minimum Gasteiger partial charge on any atom is -0.494 e.